The number of ether oxygens (including phenoxy) is 3. The molecule has 1 N–H and O–H groups in total. The van der Waals surface area contributed by atoms with Gasteiger partial charge in [-0.05, 0) is 51.0 Å². The second kappa shape index (κ2) is 10.3. The molecule has 146 valence electrons. The molecule has 2 aromatic rings. The molecule has 0 aliphatic rings. The van der Waals surface area contributed by atoms with Crippen LogP contribution in [0.5, 0.6) is 11.5 Å². The van der Waals surface area contributed by atoms with Crippen molar-refractivity contribution in [3.05, 3.63) is 47.4 Å². The van der Waals surface area contributed by atoms with Gasteiger partial charge in [-0.15, -0.1) is 0 Å². The van der Waals surface area contributed by atoms with Gasteiger partial charge in [0.25, 0.3) is 5.91 Å². The van der Waals surface area contributed by atoms with E-state index in [0.717, 1.165) is 5.56 Å². The van der Waals surface area contributed by atoms with Gasteiger partial charge in [0.2, 0.25) is 0 Å². The molecule has 7 heteroatoms. The van der Waals surface area contributed by atoms with E-state index in [0.29, 0.717) is 49.0 Å². The molecule has 0 saturated carbocycles. The van der Waals surface area contributed by atoms with E-state index >= 15 is 0 Å². The molecule has 0 spiro atoms. The second-order valence-electron chi connectivity index (χ2n) is 5.71. The topological polar surface area (TPSA) is 87.0 Å². The van der Waals surface area contributed by atoms with Gasteiger partial charge in [0.05, 0.1) is 19.5 Å². The van der Waals surface area contributed by atoms with Crippen LogP contribution in [0.4, 0.5) is 0 Å². The Morgan fingerprint density at radius 2 is 1.81 bits per heavy atom. The summed E-state index contributed by atoms with van der Waals surface area (Å²) >= 11 is 0. The van der Waals surface area contributed by atoms with Crippen LogP contribution in [-0.2, 0) is 16.0 Å². The van der Waals surface area contributed by atoms with E-state index in [-0.39, 0.29) is 12.5 Å². The molecule has 0 aliphatic carbocycles. The lowest BCUT2D eigenvalue weighted by atomic mass is 10.1. The van der Waals surface area contributed by atoms with Crippen molar-refractivity contribution in [2.24, 2.45) is 0 Å². The number of carbonyl (C=O) groups is 2. The van der Waals surface area contributed by atoms with Gasteiger partial charge in [-0.3, -0.25) is 4.79 Å². The summed E-state index contributed by atoms with van der Waals surface area (Å²) < 4.78 is 21.1. The van der Waals surface area contributed by atoms with Gasteiger partial charge in [-0.2, -0.15) is 0 Å². The van der Waals surface area contributed by atoms with Crippen molar-refractivity contribution in [2.75, 3.05) is 26.4 Å². The third-order valence-electron chi connectivity index (χ3n) is 3.76. The van der Waals surface area contributed by atoms with Gasteiger partial charge in [0.1, 0.15) is 11.3 Å². The summed E-state index contributed by atoms with van der Waals surface area (Å²) in [4.78, 5) is 23.7. The lowest BCUT2D eigenvalue weighted by Crippen LogP contribution is -2.30. The zero-order chi connectivity index (χ0) is 19.6. The zero-order valence-electron chi connectivity index (χ0n) is 15.9. The molecule has 0 fully saturated rings. The maximum Gasteiger partial charge on any atom is 0.342 e. The van der Waals surface area contributed by atoms with Crippen LogP contribution in [0.15, 0.2) is 34.9 Å². The van der Waals surface area contributed by atoms with Crippen molar-refractivity contribution in [1.29, 1.82) is 0 Å². The first-order valence-corrected chi connectivity index (χ1v) is 8.91. The summed E-state index contributed by atoms with van der Waals surface area (Å²) in [5.41, 5.74) is 1.33. The molecule has 0 bridgehead atoms. The van der Waals surface area contributed by atoms with Crippen LogP contribution in [0.25, 0.3) is 0 Å². The van der Waals surface area contributed by atoms with E-state index in [2.05, 4.69) is 5.32 Å². The highest BCUT2D eigenvalue weighted by molar-refractivity contribution is 5.92. The maximum absolute atomic E-state index is 11.8. The fraction of sp³-hybridized carbons (Fsp3) is 0.400. The Bertz CT molecular complexity index is 768. The Morgan fingerprint density at radius 3 is 2.48 bits per heavy atom. The molecule has 0 radical (unpaired) electrons. The molecule has 0 atom stereocenters. The van der Waals surface area contributed by atoms with Crippen molar-refractivity contribution < 1.29 is 28.2 Å². The molecule has 7 nitrogen and oxygen atoms in total. The molecular weight excluding hydrogens is 350 g/mol. The van der Waals surface area contributed by atoms with Gasteiger partial charge in [0.15, 0.2) is 18.1 Å². The minimum atomic E-state index is -0.579. The number of furan rings is 1. The molecular formula is C20H25NO6. The molecule has 0 unspecified atom stereocenters. The number of rotatable bonds is 10. The average molecular weight is 375 g/mol. The number of carbonyl (C=O) groups excluding carboxylic acids is 2. The van der Waals surface area contributed by atoms with Crippen molar-refractivity contribution in [1.82, 2.24) is 5.32 Å². The fourth-order valence-electron chi connectivity index (χ4n) is 2.45. The maximum atomic E-state index is 11.8. The Morgan fingerprint density at radius 1 is 1.07 bits per heavy atom. The van der Waals surface area contributed by atoms with Crippen molar-refractivity contribution in [2.45, 2.75) is 27.2 Å². The minimum Gasteiger partial charge on any atom is -0.490 e. The summed E-state index contributed by atoms with van der Waals surface area (Å²) in [5.74, 6) is 0.909. The van der Waals surface area contributed by atoms with E-state index in [1.807, 2.05) is 32.0 Å². The van der Waals surface area contributed by atoms with Gasteiger partial charge in [-0.25, -0.2) is 4.79 Å². The highest BCUT2D eigenvalue weighted by atomic mass is 16.5. The van der Waals surface area contributed by atoms with E-state index < -0.39 is 5.97 Å². The highest BCUT2D eigenvalue weighted by Crippen LogP contribution is 2.28. The van der Waals surface area contributed by atoms with E-state index in [1.54, 1.807) is 6.92 Å². The van der Waals surface area contributed by atoms with E-state index in [4.69, 9.17) is 18.6 Å². The highest BCUT2D eigenvalue weighted by Gasteiger charge is 2.14. The molecule has 27 heavy (non-hydrogen) atoms. The van der Waals surface area contributed by atoms with Gasteiger partial charge < -0.3 is 23.9 Å². The Labute approximate surface area is 158 Å². The molecule has 1 aromatic carbocycles. The van der Waals surface area contributed by atoms with Crippen LogP contribution < -0.4 is 14.8 Å². The summed E-state index contributed by atoms with van der Waals surface area (Å²) in [7, 11) is 0. The second-order valence-corrected chi connectivity index (χ2v) is 5.71. The Balaban J connectivity index is 1.78. The number of nitrogens with one attached hydrogen (secondary N) is 1. The third-order valence-corrected chi connectivity index (χ3v) is 3.76. The molecule has 0 saturated heterocycles. The SMILES string of the molecule is CCOc1ccc(CCNC(=O)COC(=O)c2ccoc2C)cc1OCC. The predicted octanol–water partition coefficient (Wildman–Crippen LogP) is 2.90. The minimum absolute atomic E-state index is 0.320. The van der Waals surface area contributed by atoms with Crippen LogP contribution >= 0.6 is 0 Å². The normalized spacial score (nSPS) is 10.3. The van der Waals surface area contributed by atoms with Crippen LogP contribution in [0.2, 0.25) is 0 Å². The third kappa shape index (κ3) is 6.06. The first-order chi connectivity index (χ1) is 13.0. The Kier molecular flexibility index (Phi) is 7.73. The zero-order valence-corrected chi connectivity index (χ0v) is 15.9. The van der Waals surface area contributed by atoms with Crippen LogP contribution in [0, 0.1) is 6.92 Å². The number of aryl methyl sites for hydroxylation is 1. The average Bonchev–Trinajstić information content (AvgIpc) is 3.08. The van der Waals surface area contributed by atoms with Crippen molar-refractivity contribution in [3.8, 4) is 11.5 Å². The number of hydrogen-bond acceptors (Lipinski definition) is 6. The number of amides is 1. The molecule has 1 amide bonds. The summed E-state index contributed by atoms with van der Waals surface area (Å²) in [5, 5.41) is 2.73. The van der Waals surface area contributed by atoms with Crippen molar-refractivity contribution in [3.63, 3.8) is 0 Å². The summed E-state index contributed by atoms with van der Waals surface area (Å²) in [6, 6.07) is 7.21. The Hall–Kier alpha value is -2.96. The predicted molar refractivity (Wildman–Crippen MR) is 99.2 cm³/mol. The number of benzene rings is 1. The number of hydrogen-bond donors (Lipinski definition) is 1. The first-order valence-electron chi connectivity index (χ1n) is 8.91. The van der Waals surface area contributed by atoms with Gasteiger partial charge in [-0.1, -0.05) is 6.07 Å². The van der Waals surface area contributed by atoms with E-state index in [9.17, 15) is 9.59 Å². The van der Waals surface area contributed by atoms with Crippen LogP contribution in [0.3, 0.4) is 0 Å². The van der Waals surface area contributed by atoms with E-state index in [1.165, 1.54) is 12.3 Å². The molecule has 1 heterocycles. The fourth-order valence-corrected chi connectivity index (χ4v) is 2.45. The van der Waals surface area contributed by atoms with Gasteiger partial charge >= 0.3 is 5.97 Å². The smallest absolute Gasteiger partial charge is 0.342 e. The quantitative estimate of drug-likeness (QED) is 0.643. The van der Waals surface area contributed by atoms with Crippen LogP contribution in [-0.4, -0.2) is 38.2 Å². The number of esters is 1. The lowest BCUT2D eigenvalue weighted by Gasteiger charge is -2.12. The molecule has 2 rings (SSSR count). The summed E-state index contributed by atoms with van der Waals surface area (Å²) in [6.07, 6.45) is 2.02. The van der Waals surface area contributed by atoms with Gasteiger partial charge in [0, 0.05) is 6.54 Å². The molecule has 0 aliphatic heterocycles. The standard InChI is InChI=1S/C20H25NO6/c1-4-24-17-7-6-15(12-18(17)25-5-2)8-10-21-19(22)13-27-20(23)16-9-11-26-14(16)3/h6-7,9,11-12H,4-5,8,10,13H2,1-3H3,(H,21,22). The monoisotopic (exact) mass is 375 g/mol. The van der Waals surface area contributed by atoms with Crippen LogP contribution in [0.1, 0.15) is 35.5 Å². The summed E-state index contributed by atoms with van der Waals surface area (Å²) in [6.45, 7) is 6.67. The molecule has 1 aromatic heterocycles. The lowest BCUT2D eigenvalue weighted by molar-refractivity contribution is -0.124. The first kappa shape index (κ1) is 20.4. The van der Waals surface area contributed by atoms with Crippen molar-refractivity contribution >= 4 is 11.9 Å². The largest absolute Gasteiger partial charge is 0.490 e.